The zero-order chi connectivity index (χ0) is 9.68. The number of hydrogen-bond acceptors (Lipinski definition) is 1. The Balaban J connectivity index is 2.49. The Bertz CT molecular complexity index is 206. The van der Waals surface area contributed by atoms with Gasteiger partial charge in [-0.2, -0.15) is 0 Å². The van der Waals surface area contributed by atoms with E-state index in [9.17, 15) is 4.79 Å². The first-order valence-corrected chi connectivity index (χ1v) is 5.14. The third-order valence-electron chi connectivity index (χ3n) is 2.89. The molecule has 0 radical (unpaired) electrons. The summed E-state index contributed by atoms with van der Waals surface area (Å²) in [6, 6.07) is 0. The second-order valence-corrected chi connectivity index (χ2v) is 3.85. The van der Waals surface area contributed by atoms with Gasteiger partial charge in [-0.25, -0.2) is 4.79 Å². The number of rotatable bonds is 2. The summed E-state index contributed by atoms with van der Waals surface area (Å²) in [6.45, 7) is 2.22. The summed E-state index contributed by atoms with van der Waals surface area (Å²) < 4.78 is 0. The van der Waals surface area contributed by atoms with Crippen molar-refractivity contribution in [1.82, 2.24) is 0 Å². The summed E-state index contributed by atoms with van der Waals surface area (Å²) in [6.07, 6.45) is 8.23. The van der Waals surface area contributed by atoms with E-state index >= 15 is 0 Å². The smallest absolute Gasteiger partial charge is 0.328 e. The molecule has 2 nitrogen and oxygen atoms in total. The minimum absolute atomic E-state index is 0.787. The van der Waals surface area contributed by atoms with Crippen molar-refractivity contribution >= 4 is 5.97 Å². The summed E-state index contributed by atoms with van der Waals surface area (Å²) in [4.78, 5) is 10.5. The summed E-state index contributed by atoms with van der Waals surface area (Å²) in [5.41, 5.74) is 1.13. The van der Waals surface area contributed by atoms with Crippen molar-refractivity contribution in [2.24, 2.45) is 5.92 Å². The Morgan fingerprint density at radius 2 is 2.31 bits per heavy atom. The van der Waals surface area contributed by atoms with Gasteiger partial charge in [0.1, 0.15) is 0 Å². The fraction of sp³-hybridized carbons (Fsp3) is 0.727. The molecule has 0 amide bonds. The normalized spacial score (nSPS) is 27.2. The number of carboxylic acid groups (broad SMARTS) is 1. The predicted molar refractivity (Wildman–Crippen MR) is 52.6 cm³/mol. The molecule has 13 heavy (non-hydrogen) atoms. The van der Waals surface area contributed by atoms with Gasteiger partial charge in [-0.3, -0.25) is 0 Å². The van der Waals surface area contributed by atoms with Gasteiger partial charge in [-0.1, -0.05) is 25.3 Å². The van der Waals surface area contributed by atoms with Crippen molar-refractivity contribution in [2.45, 2.75) is 45.4 Å². The van der Waals surface area contributed by atoms with E-state index in [0.29, 0.717) is 0 Å². The summed E-state index contributed by atoms with van der Waals surface area (Å²) >= 11 is 0. The highest BCUT2D eigenvalue weighted by molar-refractivity contribution is 5.80. The summed E-state index contributed by atoms with van der Waals surface area (Å²) in [5, 5.41) is 8.60. The first kappa shape index (κ1) is 10.3. The van der Waals surface area contributed by atoms with E-state index in [1.54, 1.807) is 0 Å². The van der Waals surface area contributed by atoms with Gasteiger partial charge in [0, 0.05) is 6.08 Å². The van der Waals surface area contributed by atoms with Crippen LogP contribution in [0.1, 0.15) is 45.4 Å². The van der Waals surface area contributed by atoms with Gasteiger partial charge >= 0.3 is 5.97 Å². The summed E-state index contributed by atoms with van der Waals surface area (Å²) in [7, 11) is 0. The quantitative estimate of drug-likeness (QED) is 0.526. The minimum atomic E-state index is -0.787. The summed E-state index contributed by atoms with van der Waals surface area (Å²) in [5.74, 6) is 0.0321. The van der Waals surface area contributed by atoms with Gasteiger partial charge in [0.15, 0.2) is 0 Å². The SMILES string of the molecule is CCC1CCC/C(=C/C(=O)O)CC1. The Morgan fingerprint density at radius 1 is 1.54 bits per heavy atom. The zero-order valence-corrected chi connectivity index (χ0v) is 8.25. The molecule has 1 aliphatic rings. The maximum atomic E-state index is 10.5. The highest BCUT2D eigenvalue weighted by Gasteiger charge is 2.13. The molecule has 1 aliphatic carbocycles. The maximum Gasteiger partial charge on any atom is 0.328 e. The minimum Gasteiger partial charge on any atom is -0.478 e. The first-order valence-electron chi connectivity index (χ1n) is 5.14. The van der Waals surface area contributed by atoms with E-state index in [1.807, 2.05) is 0 Å². The Hall–Kier alpha value is -0.790. The van der Waals surface area contributed by atoms with E-state index in [4.69, 9.17) is 5.11 Å². The highest BCUT2D eigenvalue weighted by atomic mass is 16.4. The molecule has 1 atom stereocenters. The molecule has 1 fully saturated rings. The molecule has 1 saturated carbocycles. The lowest BCUT2D eigenvalue weighted by Gasteiger charge is -2.08. The molecule has 0 aromatic heterocycles. The fourth-order valence-electron chi connectivity index (χ4n) is 2.00. The van der Waals surface area contributed by atoms with Crippen LogP contribution in [0.2, 0.25) is 0 Å². The fourth-order valence-corrected chi connectivity index (χ4v) is 2.00. The average Bonchev–Trinajstić information content (AvgIpc) is 2.29. The van der Waals surface area contributed by atoms with Gasteiger partial charge in [0.2, 0.25) is 0 Å². The molecule has 0 aliphatic heterocycles. The van der Waals surface area contributed by atoms with Crippen LogP contribution in [0.5, 0.6) is 0 Å². The molecule has 0 heterocycles. The van der Waals surface area contributed by atoms with E-state index in [1.165, 1.54) is 25.3 Å². The van der Waals surface area contributed by atoms with E-state index in [-0.39, 0.29) is 0 Å². The second kappa shape index (κ2) is 5.05. The molecule has 0 aromatic rings. The molecule has 74 valence electrons. The Kier molecular flexibility index (Phi) is 4.00. The number of aliphatic carboxylic acids is 1. The molecule has 0 spiro atoms. The standard InChI is InChI=1S/C11H18O2/c1-2-9-4-3-5-10(7-6-9)8-11(12)13/h8-9H,2-7H2,1H3,(H,12,13)/b10-8-. The van der Waals surface area contributed by atoms with E-state index in [0.717, 1.165) is 30.8 Å². The lowest BCUT2D eigenvalue weighted by molar-refractivity contribution is -0.131. The van der Waals surface area contributed by atoms with Crippen molar-refractivity contribution in [3.8, 4) is 0 Å². The third kappa shape index (κ3) is 3.62. The zero-order valence-electron chi connectivity index (χ0n) is 8.25. The van der Waals surface area contributed by atoms with Gasteiger partial charge in [-0.15, -0.1) is 0 Å². The monoisotopic (exact) mass is 182 g/mol. The van der Waals surface area contributed by atoms with Crippen LogP contribution in [0.3, 0.4) is 0 Å². The maximum absolute atomic E-state index is 10.5. The van der Waals surface area contributed by atoms with Crippen molar-refractivity contribution < 1.29 is 9.90 Å². The van der Waals surface area contributed by atoms with Crippen LogP contribution in [-0.2, 0) is 4.79 Å². The first-order chi connectivity index (χ1) is 6.22. The van der Waals surface area contributed by atoms with Crippen LogP contribution in [0.25, 0.3) is 0 Å². The predicted octanol–water partition coefficient (Wildman–Crippen LogP) is 2.99. The third-order valence-corrected chi connectivity index (χ3v) is 2.89. The topological polar surface area (TPSA) is 37.3 Å². The van der Waals surface area contributed by atoms with Crippen molar-refractivity contribution in [1.29, 1.82) is 0 Å². The average molecular weight is 182 g/mol. The van der Waals surface area contributed by atoms with Crippen LogP contribution in [0.15, 0.2) is 11.6 Å². The number of carboxylic acids is 1. The molecule has 0 saturated heterocycles. The van der Waals surface area contributed by atoms with Crippen molar-refractivity contribution in [2.75, 3.05) is 0 Å². The van der Waals surface area contributed by atoms with Crippen LogP contribution in [0.4, 0.5) is 0 Å². The molecule has 1 rings (SSSR count). The largest absolute Gasteiger partial charge is 0.478 e. The van der Waals surface area contributed by atoms with Crippen molar-refractivity contribution in [3.63, 3.8) is 0 Å². The van der Waals surface area contributed by atoms with Crippen LogP contribution in [0, 0.1) is 5.92 Å². The van der Waals surface area contributed by atoms with Crippen LogP contribution in [-0.4, -0.2) is 11.1 Å². The number of hydrogen-bond donors (Lipinski definition) is 1. The lowest BCUT2D eigenvalue weighted by atomic mass is 9.98. The Morgan fingerprint density at radius 3 is 2.92 bits per heavy atom. The molecular weight excluding hydrogens is 164 g/mol. The molecule has 0 aromatic carbocycles. The highest BCUT2D eigenvalue weighted by Crippen LogP contribution is 2.28. The van der Waals surface area contributed by atoms with Gasteiger partial charge in [0.05, 0.1) is 0 Å². The molecule has 1 unspecified atom stereocenters. The number of allylic oxidation sites excluding steroid dienone is 1. The van der Waals surface area contributed by atoms with Crippen molar-refractivity contribution in [3.05, 3.63) is 11.6 Å². The molecular formula is C11H18O2. The number of carbonyl (C=O) groups is 1. The second-order valence-electron chi connectivity index (χ2n) is 3.85. The molecule has 2 heteroatoms. The van der Waals surface area contributed by atoms with E-state index < -0.39 is 5.97 Å². The van der Waals surface area contributed by atoms with Gasteiger partial charge in [-0.05, 0) is 31.6 Å². The van der Waals surface area contributed by atoms with Crippen LogP contribution < -0.4 is 0 Å². The van der Waals surface area contributed by atoms with Gasteiger partial charge in [0.25, 0.3) is 0 Å². The van der Waals surface area contributed by atoms with E-state index in [2.05, 4.69) is 6.92 Å². The Labute approximate surface area is 79.6 Å². The lowest BCUT2D eigenvalue weighted by Crippen LogP contribution is -1.95. The van der Waals surface area contributed by atoms with Gasteiger partial charge < -0.3 is 5.11 Å². The van der Waals surface area contributed by atoms with Crippen LogP contribution >= 0.6 is 0 Å². The molecule has 0 bridgehead atoms. The molecule has 1 N–H and O–H groups in total.